The fourth-order valence-electron chi connectivity index (χ4n) is 1.74. The quantitative estimate of drug-likeness (QED) is 0.744. The Morgan fingerprint density at radius 3 is 2.39 bits per heavy atom. The second-order valence-corrected chi connectivity index (χ2v) is 3.82. The summed E-state index contributed by atoms with van der Waals surface area (Å²) >= 11 is 0. The van der Waals surface area contributed by atoms with Gasteiger partial charge in [-0.1, -0.05) is 30.3 Å². The molecule has 3 rings (SSSR count). The van der Waals surface area contributed by atoms with Gasteiger partial charge in [-0.15, -0.1) is 0 Å². The maximum atomic E-state index is 5.74. The number of ether oxygens (including phenoxy) is 1. The molecule has 0 unspecified atom stereocenters. The topological polar surface area (TPSA) is 61.0 Å². The van der Waals surface area contributed by atoms with Crippen molar-refractivity contribution in [2.24, 2.45) is 0 Å². The van der Waals surface area contributed by atoms with E-state index in [0.717, 1.165) is 16.7 Å². The molecule has 18 heavy (non-hydrogen) atoms. The van der Waals surface area contributed by atoms with Gasteiger partial charge in [0.2, 0.25) is 11.8 Å². The Balaban J connectivity index is 2.11. The first-order chi connectivity index (χ1) is 8.83. The van der Waals surface area contributed by atoms with Crippen molar-refractivity contribution in [1.29, 1.82) is 0 Å². The molecule has 0 fully saturated rings. The summed E-state index contributed by atoms with van der Waals surface area (Å²) in [5.41, 5.74) is 6.45. The molecular weight excluding hydrogens is 226 g/mol. The Morgan fingerprint density at radius 1 is 0.833 bits per heavy atom. The fraction of sp³-hybridized carbons (Fsp3) is 0. The van der Waals surface area contributed by atoms with Crippen LogP contribution in [0.15, 0.2) is 54.6 Å². The number of benzene rings is 2. The minimum Gasteiger partial charge on any atom is -0.438 e. The van der Waals surface area contributed by atoms with E-state index in [2.05, 4.69) is 9.97 Å². The van der Waals surface area contributed by atoms with Gasteiger partial charge in [0.15, 0.2) is 0 Å². The van der Waals surface area contributed by atoms with Crippen LogP contribution in [0.4, 0.5) is 5.95 Å². The lowest BCUT2D eigenvalue weighted by Gasteiger charge is -2.07. The predicted molar refractivity (Wildman–Crippen MR) is 70.5 cm³/mol. The number of rotatable bonds is 2. The molecule has 4 heteroatoms. The molecule has 1 heterocycles. The maximum Gasteiger partial charge on any atom is 0.231 e. The molecule has 4 nitrogen and oxygen atoms in total. The highest BCUT2D eigenvalue weighted by atomic mass is 16.5. The summed E-state index contributed by atoms with van der Waals surface area (Å²) in [5, 5.41) is 0.843. The first-order valence-electron chi connectivity index (χ1n) is 5.58. The molecule has 0 saturated carbocycles. The van der Waals surface area contributed by atoms with E-state index in [-0.39, 0.29) is 5.95 Å². The Hall–Kier alpha value is -2.62. The number of anilines is 1. The third kappa shape index (κ3) is 1.96. The summed E-state index contributed by atoms with van der Waals surface area (Å²) in [6.07, 6.45) is 0. The third-order valence-electron chi connectivity index (χ3n) is 2.54. The third-order valence-corrected chi connectivity index (χ3v) is 2.54. The van der Waals surface area contributed by atoms with Gasteiger partial charge in [0.25, 0.3) is 0 Å². The van der Waals surface area contributed by atoms with E-state index in [1.54, 1.807) is 0 Å². The van der Waals surface area contributed by atoms with Crippen molar-refractivity contribution in [2.75, 3.05) is 5.73 Å². The van der Waals surface area contributed by atoms with Crippen molar-refractivity contribution in [2.45, 2.75) is 0 Å². The maximum absolute atomic E-state index is 5.74. The van der Waals surface area contributed by atoms with Crippen LogP contribution in [0.3, 0.4) is 0 Å². The SMILES string of the molecule is Nc1nc(Oc2ccccc2)c2ccccc2n1. The van der Waals surface area contributed by atoms with Crippen LogP contribution in [0.2, 0.25) is 0 Å². The van der Waals surface area contributed by atoms with Gasteiger partial charge in [-0.2, -0.15) is 4.98 Å². The Kier molecular flexibility index (Phi) is 2.53. The van der Waals surface area contributed by atoms with Gasteiger partial charge in [-0.3, -0.25) is 0 Å². The van der Waals surface area contributed by atoms with E-state index in [9.17, 15) is 0 Å². The first kappa shape index (κ1) is 10.5. The normalized spacial score (nSPS) is 10.4. The number of fused-ring (bicyclic) bond motifs is 1. The van der Waals surface area contributed by atoms with Crippen molar-refractivity contribution in [3.63, 3.8) is 0 Å². The molecule has 0 amide bonds. The highest BCUT2D eigenvalue weighted by Crippen LogP contribution is 2.27. The molecule has 2 N–H and O–H groups in total. The number of nitrogens with zero attached hydrogens (tertiary/aromatic N) is 2. The molecule has 0 saturated heterocycles. The zero-order valence-corrected chi connectivity index (χ0v) is 9.58. The van der Waals surface area contributed by atoms with Gasteiger partial charge in [0, 0.05) is 0 Å². The minimum atomic E-state index is 0.208. The zero-order chi connectivity index (χ0) is 12.4. The smallest absolute Gasteiger partial charge is 0.231 e. The molecule has 88 valence electrons. The van der Waals surface area contributed by atoms with E-state index >= 15 is 0 Å². The fourth-order valence-corrected chi connectivity index (χ4v) is 1.74. The van der Waals surface area contributed by atoms with Gasteiger partial charge in [0.1, 0.15) is 5.75 Å². The molecular formula is C14H11N3O. The molecule has 3 aromatic rings. The number of nitrogen functional groups attached to an aromatic ring is 1. The van der Waals surface area contributed by atoms with Gasteiger partial charge in [-0.25, -0.2) is 4.98 Å². The van der Waals surface area contributed by atoms with E-state index in [4.69, 9.17) is 10.5 Å². The van der Waals surface area contributed by atoms with E-state index in [1.165, 1.54) is 0 Å². The number of nitrogens with two attached hydrogens (primary N) is 1. The second-order valence-electron chi connectivity index (χ2n) is 3.82. The Labute approximate surface area is 104 Å². The van der Waals surface area contributed by atoms with Crippen molar-refractivity contribution in [3.8, 4) is 11.6 Å². The summed E-state index contributed by atoms with van der Waals surface area (Å²) in [7, 11) is 0. The van der Waals surface area contributed by atoms with Crippen molar-refractivity contribution in [3.05, 3.63) is 54.6 Å². The van der Waals surface area contributed by atoms with E-state index in [1.807, 2.05) is 54.6 Å². The van der Waals surface area contributed by atoms with Crippen LogP contribution >= 0.6 is 0 Å². The monoisotopic (exact) mass is 237 g/mol. The number of hydrogen-bond donors (Lipinski definition) is 1. The summed E-state index contributed by atoms with van der Waals surface area (Å²) < 4.78 is 5.74. The van der Waals surface area contributed by atoms with Crippen molar-refractivity contribution >= 4 is 16.9 Å². The summed E-state index contributed by atoms with van der Waals surface area (Å²) in [5.74, 6) is 1.41. The van der Waals surface area contributed by atoms with E-state index in [0.29, 0.717) is 5.88 Å². The Bertz CT molecular complexity index is 683. The number of aromatic nitrogens is 2. The van der Waals surface area contributed by atoms with Crippen LogP contribution in [0, 0.1) is 0 Å². The minimum absolute atomic E-state index is 0.208. The van der Waals surface area contributed by atoms with Crippen molar-refractivity contribution in [1.82, 2.24) is 9.97 Å². The lowest BCUT2D eigenvalue weighted by atomic mass is 10.2. The molecule has 2 aromatic carbocycles. The molecule has 0 aliphatic heterocycles. The van der Waals surface area contributed by atoms with Crippen LogP contribution in [0.25, 0.3) is 10.9 Å². The molecule has 0 atom stereocenters. The lowest BCUT2D eigenvalue weighted by molar-refractivity contribution is 0.469. The van der Waals surface area contributed by atoms with Gasteiger partial charge in [0.05, 0.1) is 10.9 Å². The summed E-state index contributed by atoms with van der Waals surface area (Å²) in [6, 6.07) is 17.1. The summed E-state index contributed by atoms with van der Waals surface area (Å²) in [6.45, 7) is 0. The molecule has 0 aliphatic rings. The zero-order valence-electron chi connectivity index (χ0n) is 9.58. The summed E-state index contributed by atoms with van der Waals surface area (Å²) in [4.78, 5) is 8.31. The van der Waals surface area contributed by atoms with Gasteiger partial charge < -0.3 is 10.5 Å². The average Bonchev–Trinajstić information content (AvgIpc) is 2.40. The van der Waals surface area contributed by atoms with Crippen LogP contribution in [-0.4, -0.2) is 9.97 Å². The standard InChI is InChI=1S/C14H11N3O/c15-14-16-12-9-5-4-8-11(12)13(17-14)18-10-6-2-1-3-7-10/h1-9H,(H2,15,16,17). The average molecular weight is 237 g/mol. The lowest BCUT2D eigenvalue weighted by Crippen LogP contribution is -1.98. The first-order valence-corrected chi connectivity index (χ1v) is 5.58. The van der Waals surface area contributed by atoms with Crippen LogP contribution in [0.1, 0.15) is 0 Å². The Morgan fingerprint density at radius 2 is 1.56 bits per heavy atom. The second kappa shape index (κ2) is 4.33. The molecule has 0 aliphatic carbocycles. The predicted octanol–water partition coefficient (Wildman–Crippen LogP) is 3.00. The van der Waals surface area contributed by atoms with Crippen LogP contribution in [0.5, 0.6) is 11.6 Å². The molecule has 0 spiro atoms. The van der Waals surface area contributed by atoms with Gasteiger partial charge >= 0.3 is 0 Å². The molecule has 0 radical (unpaired) electrons. The van der Waals surface area contributed by atoms with Gasteiger partial charge in [-0.05, 0) is 24.3 Å². The number of para-hydroxylation sites is 2. The van der Waals surface area contributed by atoms with Crippen molar-refractivity contribution < 1.29 is 4.74 Å². The van der Waals surface area contributed by atoms with Crippen LogP contribution in [-0.2, 0) is 0 Å². The highest BCUT2D eigenvalue weighted by molar-refractivity contribution is 5.84. The van der Waals surface area contributed by atoms with E-state index < -0.39 is 0 Å². The number of hydrogen-bond acceptors (Lipinski definition) is 4. The highest BCUT2D eigenvalue weighted by Gasteiger charge is 2.07. The largest absolute Gasteiger partial charge is 0.438 e. The van der Waals surface area contributed by atoms with Crippen LogP contribution < -0.4 is 10.5 Å². The molecule has 1 aromatic heterocycles. The molecule has 0 bridgehead atoms.